The quantitative estimate of drug-likeness (QED) is 0.685. The summed E-state index contributed by atoms with van der Waals surface area (Å²) in [6.07, 6.45) is 2.59. The normalized spacial score (nSPS) is 26.4. The first-order valence-corrected chi connectivity index (χ1v) is 5.82. The van der Waals surface area contributed by atoms with E-state index in [0.29, 0.717) is 18.6 Å². The molecule has 0 amide bonds. The number of rotatable bonds is 5. The fraction of sp³-hybridized carbons (Fsp3) is 1.00. The van der Waals surface area contributed by atoms with Crippen LogP contribution in [0, 0.1) is 5.92 Å². The Kier molecular flexibility index (Phi) is 5.45. The van der Waals surface area contributed by atoms with Crippen LogP contribution < -0.4 is 5.32 Å². The van der Waals surface area contributed by atoms with Crippen molar-refractivity contribution >= 4 is 0 Å². The average Bonchev–Trinajstić information content (AvgIpc) is 2.19. The summed E-state index contributed by atoms with van der Waals surface area (Å²) >= 11 is 0. The van der Waals surface area contributed by atoms with E-state index in [1.54, 1.807) is 0 Å². The van der Waals surface area contributed by atoms with Crippen LogP contribution in [0.2, 0.25) is 0 Å². The molecule has 1 saturated heterocycles. The predicted molar refractivity (Wildman–Crippen MR) is 59.4 cm³/mol. The van der Waals surface area contributed by atoms with Crippen LogP contribution in [0.4, 0.5) is 0 Å². The lowest BCUT2D eigenvalue weighted by Gasteiger charge is -2.34. The van der Waals surface area contributed by atoms with E-state index in [-0.39, 0.29) is 0 Å². The molecule has 1 aliphatic rings. The molecule has 14 heavy (non-hydrogen) atoms. The van der Waals surface area contributed by atoms with Crippen LogP contribution in [-0.2, 0) is 0 Å². The third kappa shape index (κ3) is 3.95. The van der Waals surface area contributed by atoms with Crippen molar-refractivity contribution < 1.29 is 5.11 Å². The molecule has 0 bridgehead atoms. The van der Waals surface area contributed by atoms with Crippen molar-refractivity contribution in [2.75, 3.05) is 32.8 Å². The van der Waals surface area contributed by atoms with Gasteiger partial charge in [-0.05, 0) is 31.8 Å². The van der Waals surface area contributed by atoms with Crippen molar-refractivity contribution in [1.29, 1.82) is 0 Å². The zero-order valence-electron chi connectivity index (χ0n) is 9.50. The molecular weight excluding hydrogens is 176 g/mol. The molecule has 2 unspecified atom stereocenters. The Morgan fingerprint density at radius 2 is 2.36 bits per heavy atom. The molecule has 0 aliphatic carbocycles. The van der Waals surface area contributed by atoms with E-state index in [0.717, 1.165) is 19.6 Å². The van der Waals surface area contributed by atoms with Gasteiger partial charge in [0.1, 0.15) is 0 Å². The standard InChI is InChI=1S/C11H24N2O/c1-3-12-11-5-4-6-13(8-11)7-10(2)9-14/h10-12,14H,3-9H2,1-2H3. The molecule has 3 nitrogen and oxygen atoms in total. The molecule has 2 atom stereocenters. The summed E-state index contributed by atoms with van der Waals surface area (Å²) in [6, 6.07) is 0.666. The molecule has 1 heterocycles. The molecule has 1 fully saturated rings. The van der Waals surface area contributed by atoms with Crippen LogP contribution >= 0.6 is 0 Å². The Morgan fingerprint density at radius 1 is 1.57 bits per heavy atom. The second-order valence-electron chi connectivity index (χ2n) is 4.44. The summed E-state index contributed by atoms with van der Waals surface area (Å²) in [7, 11) is 0. The number of hydrogen-bond acceptors (Lipinski definition) is 3. The number of piperidine rings is 1. The second kappa shape index (κ2) is 6.38. The van der Waals surface area contributed by atoms with E-state index in [2.05, 4.69) is 24.1 Å². The van der Waals surface area contributed by atoms with Gasteiger partial charge in [0.25, 0.3) is 0 Å². The van der Waals surface area contributed by atoms with Crippen LogP contribution in [0.5, 0.6) is 0 Å². The number of nitrogens with one attached hydrogen (secondary N) is 1. The molecule has 0 aromatic rings. The van der Waals surface area contributed by atoms with E-state index in [1.165, 1.54) is 19.4 Å². The van der Waals surface area contributed by atoms with Gasteiger partial charge in [0.2, 0.25) is 0 Å². The number of likely N-dealkylation sites (tertiary alicyclic amines) is 1. The highest BCUT2D eigenvalue weighted by Crippen LogP contribution is 2.11. The molecule has 0 radical (unpaired) electrons. The number of likely N-dealkylation sites (N-methyl/N-ethyl adjacent to an activating group) is 1. The van der Waals surface area contributed by atoms with Gasteiger partial charge in [0.05, 0.1) is 0 Å². The van der Waals surface area contributed by atoms with Crippen LogP contribution in [-0.4, -0.2) is 48.8 Å². The van der Waals surface area contributed by atoms with Crippen molar-refractivity contribution in [2.45, 2.75) is 32.7 Å². The minimum Gasteiger partial charge on any atom is -0.396 e. The number of nitrogens with zero attached hydrogens (tertiary/aromatic N) is 1. The largest absolute Gasteiger partial charge is 0.396 e. The van der Waals surface area contributed by atoms with Crippen molar-refractivity contribution in [2.24, 2.45) is 5.92 Å². The maximum Gasteiger partial charge on any atom is 0.0468 e. The van der Waals surface area contributed by atoms with Crippen molar-refractivity contribution in [3.8, 4) is 0 Å². The Bertz CT molecular complexity index is 150. The zero-order valence-corrected chi connectivity index (χ0v) is 9.50. The second-order valence-corrected chi connectivity index (χ2v) is 4.44. The summed E-state index contributed by atoms with van der Waals surface area (Å²) in [5.41, 5.74) is 0. The topological polar surface area (TPSA) is 35.5 Å². The van der Waals surface area contributed by atoms with Gasteiger partial charge in [-0.1, -0.05) is 13.8 Å². The molecule has 0 aromatic carbocycles. The zero-order chi connectivity index (χ0) is 10.4. The van der Waals surface area contributed by atoms with Crippen molar-refractivity contribution in [3.05, 3.63) is 0 Å². The van der Waals surface area contributed by atoms with Gasteiger partial charge in [0, 0.05) is 25.7 Å². The Morgan fingerprint density at radius 3 is 3.00 bits per heavy atom. The lowest BCUT2D eigenvalue weighted by atomic mass is 10.0. The molecule has 1 aliphatic heterocycles. The van der Waals surface area contributed by atoms with Crippen LogP contribution in [0.15, 0.2) is 0 Å². The fourth-order valence-corrected chi connectivity index (χ4v) is 2.18. The lowest BCUT2D eigenvalue weighted by molar-refractivity contribution is 0.139. The third-order valence-corrected chi connectivity index (χ3v) is 2.88. The molecule has 3 heteroatoms. The maximum absolute atomic E-state index is 8.99. The first-order chi connectivity index (χ1) is 6.76. The molecule has 84 valence electrons. The minimum atomic E-state index is 0.308. The summed E-state index contributed by atoms with van der Waals surface area (Å²) < 4.78 is 0. The van der Waals surface area contributed by atoms with Crippen LogP contribution in [0.25, 0.3) is 0 Å². The van der Waals surface area contributed by atoms with E-state index in [9.17, 15) is 0 Å². The molecule has 1 rings (SSSR count). The number of aliphatic hydroxyl groups excluding tert-OH is 1. The van der Waals surface area contributed by atoms with E-state index in [1.807, 2.05) is 0 Å². The van der Waals surface area contributed by atoms with Gasteiger partial charge in [-0.2, -0.15) is 0 Å². The van der Waals surface area contributed by atoms with E-state index < -0.39 is 0 Å². The number of hydrogen-bond donors (Lipinski definition) is 2. The first kappa shape index (κ1) is 12.0. The van der Waals surface area contributed by atoms with E-state index in [4.69, 9.17) is 5.11 Å². The summed E-state index contributed by atoms with van der Waals surface area (Å²) in [5, 5.41) is 12.5. The smallest absolute Gasteiger partial charge is 0.0468 e. The molecule has 0 saturated carbocycles. The highest BCUT2D eigenvalue weighted by atomic mass is 16.3. The van der Waals surface area contributed by atoms with Gasteiger partial charge in [-0.3, -0.25) is 0 Å². The van der Waals surface area contributed by atoms with Crippen LogP contribution in [0.3, 0.4) is 0 Å². The fourth-order valence-electron chi connectivity index (χ4n) is 2.18. The van der Waals surface area contributed by atoms with Gasteiger partial charge in [-0.15, -0.1) is 0 Å². The summed E-state index contributed by atoms with van der Waals surface area (Å²) in [4.78, 5) is 2.47. The van der Waals surface area contributed by atoms with Gasteiger partial charge in [0.15, 0.2) is 0 Å². The molecule has 2 N–H and O–H groups in total. The molecule has 0 aromatic heterocycles. The van der Waals surface area contributed by atoms with Gasteiger partial charge < -0.3 is 15.3 Å². The monoisotopic (exact) mass is 200 g/mol. The van der Waals surface area contributed by atoms with Gasteiger partial charge in [-0.25, -0.2) is 0 Å². The lowest BCUT2D eigenvalue weighted by Crippen LogP contribution is -2.47. The Labute approximate surface area is 87.5 Å². The minimum absolute atomic E-state index is 0.308. The van der Waals surface area contributed by atoms with Crippen molar-refractivity contribution in [1.82, 2.24) is 10.2 Å². The highest BCUT2D eigenvalue weighted by Gasteiger charge is 2.19. The molecular formula is C11H24N2O. The predicted octanol–water partition coefficient (Wildman–Crippen LogP) is 0.689. The van der Waals surface area contributed by atoms with Crippen LogP contribution in [0.1, 0.15) is 26.7 Å². The molecule has 0 spiro atoms. The van der Waals surface area contributed by atoms with Crippen molar-refractivity contribution in [3.63, 3.8) is 0 Å². The highest BCUT2D eigenvalue weighted by molar-refractivity contribution is 4.78. The van der Waals surface area contributed by atoms with Gasteiger partial charge >= 0.3 is 0 Å². The maximum atomic E-state index is 8.99. The Balaban J connectivity index is 2.25. The third-order valence-electron chi connectivity index (χ3n) is 2.88. The average molecular weight is 200 g/mol. The first-order valence-electron chi connectivity index (χ1n) is 5.82. The summed E-state index contributed by atoms with van der Waals surface area (Å²) in [6.45, 7) is 9.03. The summed E-state index contributed by atoms with van der Waals surface area (Å²) in [5.74, 6) is 0.412. The Hall–Kier alpha value is -0.120. The van der Waals surface area contributed by atoms with E-state index >= 15 is 0 Å². The SMILES string of the molecule is CCNC1CCCN(CC(C)CO)C1. The number of aliphatic hydroxyl groups is 1.